The Kier molecular flexibility index (Phi) is 6.74. The molecule has 1 aliphatic rings. The topological polar surface area (TPSA) is 18.5 Å². The van der Waals surface area contributed by atoms with Gasteiger partial charge in [0.1, 0.15) is 0 Å². The van der Waals surface area contributed by atoms with Crippen LogP contribution in [0.5, 0.6) is 0 Å². The van der Waals surface area contributed by atoms with Crippen LogP contribution in [0.15, 0.2) is 11.6 Å². The van der Waals surface area contributed by atoms with Crippen LogP contribution in [0.3, 0.4) is 0 Å². The van der Waals surface area contributed by atoms with E-state index in [4.69, 9.17) is 9.47 Å². The lowest BCUT2D eigenvalue weighted by molar-refractivity contribution is -0.113. The van der Waals surface area contributed by atoms with Crippen LogP contribution in [-0.4, -0.2) is 19.5 Å². The third-order valence-electron chi connectivity index (χ3n) is 3.01. The number of hydrogen-bond donors (Lipinski definition) is 0. The zero-order valence-electron chi connectivity index (χ0n) is 11.0. The van der Waals surface area contributed by atoms with Crippen molar-refractivity contribution in [2.75, 3.05) is 13.2 Å². The van der Waals surface area contributed by atoms with Gasteiger partial charge in [-0.25, -0.2) is 0 Å². The first-order valence-corrected chi connectivity index (χ1v) is 6.55. The van der Waals surface area contributed by atoms with Crippen molar-refractivity contribution in [3.63, 3.8) is 0 Å². The lowest BCUT2D eigenvalue weighted by Gasteiger charge is -2.14. The number of ether oxygens (including phenoxy) is 2. The lowest BCUT2D eigenvalue weighted by Crippen LogP contribution is -2.13. The van der Waals surface area contributed by atoms with Gasteiger partial charge in [-0.15, -0.1) is 0 Å². The number of allylic oxidation sites excluding steroid dienone is 2. The Morgan fingerprint density at radius 2 is 2.25 bits per heavy atom. The molecule has 2 atom stereocenters. The van der Waals surface area contributed by atoms with Crippen LogP contribution in [0.1, 0.15) is 52.9 Å². The maximum atomic E-state index is 5.66. The summed E-state index contributed by atoms with van der Waals surface area (Å²) < 4.78 is 11.1. The standard InChI is InChI=1S/C14H26O2/c1-12(2)6-4-7-13(3)9-11-16-14-8-5-10-15-14/h6,13-14H,4-5,7-11H2,1-3H3. The third kappa shape index (κ3) is 6.29. The minimum absolute atomic E-state index is 0.0879. The molecule has 0 saturated carbocycles. The zero-order chi connectivity index (χ0) is 11.8. The molecule has 0 bridgehead atoms. The van der Waals surface area contributed by atoms with Gasteiger partial charge in [-0.2, -0.15) is 0 Å². The van der Waals surface area contributed by atoms with E-state index in [0.29, 0.717) is 0 Å². The molecule has 0 aromatic rings. The average Bonchev–Trinajstić information content (AvgIpc) is 2.70. The minimum atomic E-state index is 0.0879. The highest BCUT2D eigenvalue weighted by Gasteiger charge is 2.15. The summed E-state index contributed by atoms with van der Waals surface area (Å²) >= 11 is 0. The molecular weight excluding hydrogens is 200 g/mol. The van der Waals surface area contributed by atoms with E-state index in [1.54, 1.807) is 0 Å². The van der Waals surface area contributed by atoms with Gasteiger partial charge >= 0.3 is 0 Å². The Morgan fingerprint density at radius 3 is 2.88 bits per heavy atom. The second-order valence-corrected chi connectivity index (χ2v) is 5.07. The highest BCUT2D eigenvalue weighted by molar-refractivity contribution is 4.92. The summed E-state index contributed by atoms with van der Waals surface area (Å²) in [7, 11) is 0. The van der Waals surface area contributed by atoms with Crippen molar-refractivity contribution < 1.29 is 9.47 Å². The Hall–Kier alpha value is -0.340. The van der Waals surface area contributed by atoms with E-state index in [1.165, 1.54) is 18.4 Å². The SMILES string of the molecule is CC(C)=CCCC(C)CCOC1CCCO1. The molecule has 1 rings (SSSR count). The zero-order valence-corrected chi connectivity index (χ0v) is 11.0. The first kappa shape index (κ1) is 13.7. The van der Waals surface area contributed by atoms with Crippen LogP contribution >= 0.6 is 0 Å². The molecule has 1 fully saturated rings. The van der Waals surface area contributed by atoms with Gasteiger partial charge in [-0.05, 0) is 45.4 Å². The van der Waals surface area contributed by atoms with Crippen LogP contribution in [0.25, 0.3) is 0 Å². The molecule has 0 aliphatic carbocycles. The van der Waals surface area contributed by atoms with Crippen LogP contribution in [0.4, 0.5) is 0 Å². The van der Waals surface area contributed by atoms with Crippen molar-refractivity contribution in [3.05, 3.63) is 11.6 Å². The van der Waals surface area contributed by atoms with E-state index >= 15 is 0 Å². The van der Waals surface area contributed by atoms with Crippen molar-refractivity contribution in [2.45, 2.75) is 59.2 Å². The fraction of sp³-hybridized carbons (Fsp3) is 0.857. The number of hydrogen-bond acceptors (Lipinski definition) is 2. The normalized spacial score (nSPS) is 22.1. The third-order valence-corrected chi connectivity index (χ3v) is 3.01. The molecule has 16 heavy (non-hydrogen) atoms. The van der Waals surface area contributed by atoms with E-state index in [-0.39, 0.29) is 6.29 Å². The number of rotatable bonds is 7. The summed E-state index contributed by atoms with van der Waals surface area (Å²) in [6.45, 7) is 8.34. The first-order valence-electron chi connectivity index (χ1n) is 6.55. The highest BCUT2D eigenvalue weighted by Crippen LogP contribution is 2.16. The largest absolute Gasteiger partial charge is 0.353 e. The molecule has 1 saturated heterocycles. The predicted octanol–water partition coefficient (Wildman–Crippen LogP) is 3.91. The van der Waals surface area contributed by atoms with E-state index in [0.717, 1.165) is 38.4 Å². The molecule has 0 aromatic heterocycles. The molecular formula is C14H26O2. The van der Waals surface area contributed by atoms with Crippen molar-refractivity contribution in [2.24, 2.45) is 5.92 Å². The molecule has 1 heterocycles. The summed E-state index contributed by atoms with van der Waals surface area (Å²) in [5, 5.41) is 0. The molecule has 94 valence electrons. The fourth-order valence-electron chi connectivity index (χ4n) is 1.88. The van der Waals surface area contributed by atoms with Gasteiger partial charge in [0.15, 0.2) is 6.29 Å². The Bertz CT molecular complexity index is 201. The minimum Gasteiger partial charge on any atom is -0.353 e. The fourth-order valence-corrected chi connectivity index (χ4v) is 1.88. The van der Waals surface area contributed by atoms with Gasteiger partial charge in [0.25, 0.3) is 0 Å². The monoisotopic (exact) mass is 226 g/mol. The molecule has 2 unspecified atom stereocenters. The van der Waals surface area contributed by atoms with E-state index in [9.17, 15) is 0 Å². The van der Waals surface area contributed by atoms with Crippen molar-refractivity contribution in [1.29, 1.82) is 0 Å². The van der Waals surface area contributed by atoms with Crippen molar-refractivity contribution in [3.8, 4) is 0 Å². The molecule has 2 nitrogen and oxygen atoms in total. The van der Waals surface area contributed by atoms with Gasteiger partial charge in [-0.3, -0.25) is 0 Å². The molecule has 0 aromatic carbocycles. The van der Waals surface area contributed by atoms with E-state index in [2.05, 4.69) is 26.8 Å². The Morgan fingerprint density at radius 1 is 1.44 bits per heavy atom. The van der Waals surface area contributed by atoms with Gasteiger partial charge in [0.05, 0.1) is 0 Å². The van der Waals surface area contributed by atoms with E-state index in [1.807, 2.05) is 0 Å². The van der Waals surface area contributed by atoms with Gasteiger partial charge in [0.2, 0.25) is 0 Å². The molecule has 1 aliphatic heterocycles. The predicted molar refractivity (Wildman–Crippen MR) is 67.4 cm³/mol. The molecule has 0 N–H and O–H groups in total. The van der Waals surface area contributed by atoms with Gasteiger partial charge in [-0.1, -0.05) is 18.6 Å². The van der Waals surface area contributed by atoms with Crippen LogP contribution in [-0.2, 0) is 9.47 Å². The van der Waals surface area contributed by atoms with Crippen LogP contribution < -0.4 is 0 Å². The Balaban J connectivity index is 1.97. The van der Waals surface area contributed by atoms with Gasteiger partial charge in [0, 0.05) is 19.6 Å². The maximum Gasteiger partial charge on any atom is 0.157 e. The molecule has 0 radical (unpaired) electrons. The maximum absolute atomic E-state index is 5.66. The summed E-state index contributed by atoms with van der Waals surface area (Å²) in [4.78, 5) is 0. The van der Waals surface area contributed by atoms with Crippen molar-refractivity contribution >= 4 is 0 Å². The lowest BCUT2D eigenvalue weighted by atomic mass is 10.0. The molecule has 0 amide bonds. The quantitative estimate of drug-likeness (QED) is 0.613. The summed E-state index contributed by atoms with van der Waals surface area (Å²) in [6.07, 6.45) is 8.25. The second-order valence-electron chi connectivity index (χ2n) is 5.07. The van der Waals surface area contributed by atoms with Gasteiger partial charge < -0.3 is 9.47 Å². The van der Waals surface area contributed by atoms with Crippen LogP contribution in [0, 0.1) is 5.92 Å². The van der Waals surface area contributed by atoms with Crippen molar-refractivity contribution in [1.82, 2.24) is 0 Å². The average molecular weight is 226 g/mol. The summed E-state index contributed by atoms with van der Waals surface area (Å²) in [5.41, 5.74) is 1.42. The first-order chi connectivity index (χ1) is 7.68. The van der Waals surface area contributed by atoms with Crippen LogP contribution in [0.2, 0.25) is 0 Å². The smallest absolute Gasteiger partial charge is 0.157 e. The second kappa shape index (κ2) is 7.86. The Labute approximate surface area is 100 Å². The summed E-state index contributed by atoms with van der Waals surface area (Å²) in [5.74, 6) is 0.747. The highest BCUT2D eigenvalue weighted by atomic mass is 16.7. The van der Waals surface area contributed by atoms with E-state index < -0.39 is 0 Å². The summed E-state index contributed by atoms with van der Waals surface area (Å²) in [6, 6.07) is 0. The molecule has 0 spiro atoms. The molecule has 2 heteroatoms.